The molecule has 0 spiro atoms. The van der Waals surface area contributed by atoms with Gasteiger partial charge < -0.3 is 10.6 Å². The highest BCUT2D eigenvalue weighted by Crippen LogP contribution is 2.21. The number of anilines is 2. The lowest BCUT2D eigenvalue weighted by molar-refractivity contribution is -0.117. The van der Waals surface area contributed by atoms with Crippen molar-refractivity contribution in [1.82, 2.24) is 20.4 Å². The first-order valence-corrected chi connectivity index (χ1v) is 13.9. The van der Waals surface area contributed by atoms with Crippen LogP contribution in [0.4, 0.5) is 10.3 Å². The van der Waals surface area contributed by atoms with Gasteiger partial charge in [-0.15, -0.1) is 20.4 Å². The van der Waals surface area contributed by atoms with E-state index in [0.29, 0.717) is 29.5 Å². The van der Waals surface area contributed by atoms with Gasteiger partial charge in [-0.3, -0.25) is 9.59 Å². The molecule has 2 N–H and O–H groups in total. The molecule has 3 aromatic rings. The minimum absolute atomic E-state index is 0.0307. The minimum Gasteiger partial charge on any atom is -0.301 e. The van der Waals surface area contributed by atoms with Gasteiger partial charge in [-0.1, -0.05) is 76.8 Å². The second kappa shape index (κ2) is 13.7. The lowest BCUT2D eigenvalue weighted by Gasteiger charge is -2.06. The molecule has 8 nitrogen and oxygen atoms in total. The van der Waals surface area contributed by atoms with E-state index >= 15 is 0 Å². The van der Waals surface area contributed by atoms with Crippen LogP contribution in [-0.4, -0.2) is 32.2 Å². The molecule has 10 heteroatoms. The summed E-state index contributed by atoms with van der Waals surface area (Å²) < 4.78 is 0. The minimum atomic E-state index is -0.0522. The summed E-state index contributed by atoms with van der Waals surface area (Å²) in [6.07, 6.45) is 14.4. The molecule has 1 aliphatic carbocycles. The summed E-state index contributed by atoms with van der Waals surface area (Å²) >= 11 is 2.85. The van der Waals surface area contributed by atoms with Gasteiger partial charge in [0.2, 0.25) is 22.1 Å². The molecular weight excluding hydrogens is 492 g/mol. The zero-order valence-electron chi connectivity index (χ0n) is 20.1. The normalized spacial score (nSPS) is 12.8. The number of amides is 2. The number of aryl methyl sites for hydroxylation is 3. The van der Waals surface area contributed by atoms with Gasteiger partial charge >= 0.3 is 0 Å². The molecule has 0 atom stereocenters. The first-order valence-electron chi connectivity index (χ1n) is 12.3. The highest BCUT2D eigenvalue weighted by Gasteiger charge is 2.11. The Morgan fingerprint density at radius 3 is 1.94 bits per heavy atom. The maximum absolute atomic E-state index is 12.2. The quantitative estimate of drug-likeness (QED) is 0.286. The third kappa shape index (κ3) is 8.76. The highest BCUT2D eigenvalue weighted by atomic mass is 32.1. The molecule has 1 aromatic carbocycles. The maximum Gasteiger partial charge on any atom is 0.226 e. The van der Waals surface area contributed by atoms with Crippen molar-refractivity contribution < 1.29 is 9.59 Å². The Hall–Kier alpha value is -3.24. The lowest BCUT2D eigenvalue weighted by Crippen LogP contribution is -2.12. The topological polar surface area (TPSA) is 110 Å². The molecule has 36 heavy (non-hydrogen) atoms. The van der Waals surface area contributed by atoms with E-state index in [1.807, 2.05) is 30.3 Å². The fourth-order valence-electron chi connectivity index (χ4n) is 3.74. The number of carbonyl (C=O) groups is 2. The van der Waals surface area contributed by atoms with Crippen LogP contribution in [-0.2, 0) is 28.9 Å². The predicted octanol–water partition coefficient (Wildman–Crippen LogP) is 5.52. The molecule has 0 unspecified atom stereocenters. The number of carbonyl (C=O) groups excluding carboxylic acids is 2. The van der Waals surface area contributed by atoms with Crippen LogP contribution in [0.15, 0.2) is 54.1 Å². The molecule has 0 saturated carbocycles. The monoisotopic (exact) mass is 522 g/mol. The van der Waals surface area contributed by atoms with Crippen molar-refractivity contribution in [3.05, 3.63) is 69.7 Å². The number of aromatic nitrogens is 4. The van der Waals surface area contributed by atoms with E-state index in [1.165, 1.54) is 28.2 Å². The van der Waals surface area contributed by atoms with Crippen LogP contribution in [0.25, 0.3) is 0 Å². The van der Waals surface area contributed by atoms with Gasteiger partial charge in [0.05, 0.1) is 0 Å². The lowest BCUT2D eigenvalue weighted by atomic mass is 10.0. The summed E-state index contributed by atoms with van der Waals surface area (Å²) in [6.45, 7) is 0. The summed E-state index contributed by atoms with van der Waals surface area (Å²) in [4.78, 5) is 24.4. The first kappa shape index (κ1) is 25.8. The molecule has 2 heterocycles. The Balaban J connectivity index is 1.10. The maximum atomic E-state index is 12.2. The molecule has 0 aliphatic heterocycles. The molecule has 2 amide bonds. The zero-order chi connectivity index (χ0) is 25.0. The highest BCUT2D eigenvalue weighted by molar-refractivity contribution is 7.15. The van der Waals surface area contributed by atoms with E-state index < -0.39 is 0 Å². The molecular formula is C26H30N6O2S2. The number of nitrogens with zero attached hydrogens (tertiary/aromatic N) is 4. The van der Waals surface area contributed by atoms with Gasteiger partial charge in [0.1, 0.15) is 10.0 Å². The Morgan fingerprint density at radius 1 is 0.750 bits per heavy atom. The largest absolute Gasteiger partial charge is 0.301 e. The Labute approximate surface area is 219 Å². The summed E-state index contributed by atoms with van der Waals surface area (Å²) in [6, 6.07) is 9.95. The van der Waals surface area contributed by atoms with Gasteiger partial charge in [0, 0.05) is 25.7 Å². The fraction of sp³-hybridized carbons (Fsp3) is 0.385. The molecule has 4 rings (SSSR count). The van der Waals surface area contributed by atoms with E-state index in [-0.39, 0.29) is 11.8 Å². The summed E-state index contributed by atoms with van der Waals surface area (Å²) in [5, 5.41) is 25.2. The third-order valence-electron chi connectivity index (χ3n) is 5.65. The third-order valence-corrected chi connectivity index (χ3v) is 7.45. The number of hydrogen-bond acceptors (Lipinski definition) is 8. The second-order valence-electron chi connectivity index (χ2n) is 8.55. The molecule has 1 aliphatic rings. The van der Waals surface area contributed by atoms with Crippen LogP contribution < -0.4 is 10.6 Å². The van der Waals surface area contributed by atoms with E-state index in [4.69, 9.17) is 0 Å². The van der Waals surface area contributed by atoms with Crippen LogP contribution in [0, 0.1) is 0 Å². The standard InChI is InChI=1S/C26H30N6O2S2/c33-21(17-15-19-9-3-1-4-10-19)27-25-31-29-23(35-25)13-7-8-14-24-30-32-26(36-24)28-22(34)18-16-20-11-5-2-6-12-20/h1,3-5,9-12H,2,6-8,13-18H2,(H,27,31,33)(H,28,32,34). The average molecular weight is 523 g/mol. The van der Waals surface area contributed by atoms with Gasteiger partial charge in [0.25, 0.3) is 0 Å². The molecule has 0 fully saturated rings. The van der Waals surface area contributed by atoms with Gasteiger partial charge in [-0.2, -0.15) is 0 Å². The molecule has 188 valence electrons. The number of unbranched alkanes of at least 4 members (excludes halogenated alkanes) is 1. The van der Waals surface area contributed by atoms with Gasteiger partial charge in [-0.25, -0.2) is 0 Å². The molecule has 0 radical (unpaired) electrons. The smallest absolute Gasteiger partial charge is 0.226 e. The summed E-state index contributed by atoms with van der Waals surface area (Å²) in [5.74, 6) is -0.0829. The number of nitrogens with one attached hydrogen (secondary N) is 2. The average Bonchev–Trinajstić information content (AvgIpc) is 3.54. The van der Waals surface area contributed by atoms with Crippen molar-refractivity contribution >= 4 is 44.8 Å². The molecule has 2 aromatic heterocycles. The number of benzene rings is 1. The van der Waals surface area contributed by atoms with Crippen molar-refractivity contribution in [2.75, 3.05) is 10.6 Å². The predicted molar refractivity (Wildman–Crippen MR) is 144 cm³/mol. The van der Waals surface area contributed by atoms with Crippen molar-refractivity contribution in [1.29, 1.82) is 0 Å². The van der Waals surface area contributed by atoms with Crippen molar-refractivity contribution in [2.24, 2.45) is 0 Å². The van der Waals surface area contributed by atoms with Gasteiger partial charge in [0.15, 0.2) is 0 Å². The van der Waals surface area contributed by atoms with Crippen molar-refractivity contribution in [3.63, 3.8) is 0 Å². The van der Waals surface area contributed by atoms with E-state index in [1.54, 1.807) is 0 Å². The Kier molecular flexibility index (Phi) is 9.87. The molecule has 0 saturated heterocycles. The van der Waals surface area contributed by atoms with Crippen LogP contribution >= 0.6 is 22.7 Å². The Morgan fingerprint density at radius 2 is 1.36 bits per heavy atom. The summed E-state index contributed by atoms with van der Waals surface area (Å²) in [5.41, 5.74) is 2.36. The van der Waals surface area contributed by atoms with Crippen molar-refractivity contribution in [3.8, 4) is 0 Å². The zero-order valence-corrected chi connectivity index (χ0v) is 21.7. The number of hydrogen-bond donors (Lipinski definition) is 2. The van der Waals surface area contributed by atoms with E-state index in [2.05, 4.69) is 49.3 Å². The number of rotatable bonds is 13. The first-order chi connectivity index (χ1) is 17.6. The van der Waals surface area contributed by atoms with Crippen molar-refractivity contribution in [2.45, 2.75) is 64.2 Å². The van der Waals surface area contributed by atoms with Gasteiger partial charge in [-0.05, 0) is 44.1 Å². The second-order valence-corrected chi connectivity index (χ2v) is 10.7. The fourth-order valence-corrected chi connectivity index (χ4v) is 5.34. The number of allylic oxidation sites excluding steroid dienone is 4. The summed E-state index contributed by atoms with van der Waals surface area (Å²) in [7, 11) is 0. The van der Waals surface area contributed by atoms with Crippen LogP contribution in [0.1, 0.15) is 60.5 Å². The van der Waals surface area contributed by atoms with E-state index in [9.17, 15) is 9.59 Å². The molecule has 0 bridgehead atoms. The van der Waals surface area contributed by atoms with E-state index in [0.717, 1.165) is 60.5 Å². The van der Waals surface area contributed by atoms with Crippen LogP contribution in [0.2, 0.25) is 0 Å². The Bertz CT molecular complexity index is 1200. The SMILES string of the molecule is O=C(CCC1=CCCC=C1)Nc1nnc(CCCCc2nnc(NC(=O)CCc3ccccc3)s2)s1. The van der Waals surface area contributed by atoms with Crippen LogP contribution in [0.5, 0.6) is 0 Å². The van der Waals surface area contributed by atoms with Crippen LogP contribution in [0.3, 0.4) is 0 Å².